The van der Waals surface area contributed by atoms with Gasteiger partial charge in [0.1, 0.15) is 23.9 Å². The molecule has 0 saturated carbocycles. The van der Waals surface area contributed by atoms with Crippen molar-refractivity contribution in [2.45, 2.75) is 20.1 Å². The summed E-state index contributed by atoms with van der Waals surface area (Å²) in [6, 6.07) is 11.4. The van der Waals surface area contributed by atoms with Gasteiger partial charge in [0, 0.05) is 35.1 Å². The third-order valence-electron chi connectivity index (χ3n) is 5.36. The van der Waals surface area contributed by atoms with Crippen LogP contribution in [0.4, 0.5) is 0 Å². The highest BCUT2D eigenvalue weighted by Crippen LogP contribution is 2.37. The van der Waals surface area contributed by atoms with Gasteiger partial charge in [0.25, 0.3) is 0 Å². The van der Waals surface area contributed by atoms with E-state index in [-0.39, 0.29) is 25.5 Å². The Morgan fingerprint density at radius 3 is 2.55 bits per heavy atom. The number of aromatic nitrogens is 2. The zero-order valence-corrected chi connectivity index (χ0v) is 19.1. The number of rotatable bonds is 9. The molecule has 2 aromatic heterocycles. The average molecular weight is 450 g/mol. The summed E-state index contributed by atoms with van der Waals surface area (Å²) in [6.07, 6.45) is 1.64. The number of hydrogen-bond acceptors (Lipinski definition) is 7. The number of methoxy groups -OCH3 is 3. The first-order valence-electron chi connectivity index (χ1n) is 10.5. The maximum absolute atomic E-state index is 12.6. The fourth-order valence-electron chi connectivity index (χ4n) is 3.88. The van der Waals surface area contributed by atoms with Crippen molar-refractivity contribution in [1.82, 2.24) is 9.97 Å². The number of nitrogens with zero attached hydrogens (tertiary/aromatic N) is 1. The van der Waals surface area contributed by atoms with Gasteiger partial charge in [-0.15, -0.1) is 0 Å². The molecule has 33 heavy (non-hydrogen) atoms. The second-order valence-corrected chi connectivity index (χ2v) is 7.30. The molecular formula is C25H26N2O6. The molecule has 0 atom stereocenters. The second-order valence-electron chi connectivity index (χ2n) is 7.30. The molecule has 8 heteroatoms. The number of pyridine rings is 1. The number of hydrogen-bond donors (Lipinski definition) is 1. The molecule has 0 aliphatic carbocycles. The number of fused-ring (bicyclic) bond motifs is 3. The summed E-state index contributed by atoms with van der Waals surface area (Å²) in [6.45, 7) is 2.51. The van der Waals surface area contributed by atoms with Crippen LogP contribution in [-0.2, 0) is 22.7 Å². The van der Waals surface area contributed by atoms with E-state index in [0.717, 1.165) is 27.4 Å². The van der Waals surface area contributed by atoms with Crippen LogP contribution in [0.15, 0.2) is 42.6 Å². The molecule has 0 bridgehead atoms. The number of nitrogens with one attached hydrogen (secondary N) is 1. The Balaban J connectivity index is 1.81. The van der Waals surface area contributed by atoms with Crippen LogP contribution >= 0.6 is 0 Å². The van der Waals surface area contributed by atoms with Gasteiger partial charge in [-0.2, -0.15) is 0 Å². The lowest BCUT2D eigenvalue weighted by Gasteiger charge is -2.13. The molecule has 4 aromatic rings. The number of esters is 1. The number of H-pyrrole nitrogens is 1. The highest BCUT2D eigenvalue weighted by molar-refractivity contribution is 6.13. The Morgan fingerprint density at radius 2 is 1.82 bits per heavy atom. The summed E-state index contributed by atoms with van der Waals surface area (Å²) in [5.41, 5.74) is 3.41. The summed E-state index contributed by atoms with van der Waals surface area (Å²) < 4.78 is 27.6. The van der Waals surface area contributed by atoms with Gasteiger partial charge >= 0.3 is 5.97 Å². The number of benzene rings is 2. The Bertz CT molecular complexity index is 1300. The quantitative estimate of drug-likeness (QED) is 0.372. The van der Waals surface area contributed by atoms with Crippen molar-refractivity contribution >= 4 is 27.8 Å². The minimum absolute atomic E-state index is 0.200. The lowest BCUT2D eigenvalue weighted by molar-refractivity contribution is 0.0514. The molecule has 0 unspecified atom stereocenters. The van der Waals surface area contributed by atoms with Crippen molar-refractivity contribution in [1.29, 1.82) is 0 Å². The van der Waals surface area contributed by atoms with Crippen molar-refractivity contribution in [3.8, 4) is 17.2 Å². The topological polar surface area (TPSA) is 91.9 Å². The molecule has 0 fully saturated rings. The van der Waals surface area contributed by atoms with Gasteiger partial charge in [0.2, 0.25) is 0 Å². The fourth-order valence-corrected chi connectivity index (χ4v) is 3.88. The molecule has 172 valence electrons. The molecule has 0 amide bonds. The highest BCUT2D eigenvalue weighted by Gasteiger charge is 2.22. The summed E-state index contributed by atoms with van der Waals surface area (Å²) in [5, 5.41) is 1.67. The van der Waals surface area contributed by atoms with Gasteiger partial charge in [-0.25, -0.2) is 9.78 Å². The van der Waals surface area contributed by atoms with E-state index >= 15 is 0 Å². The molecule has 0 aliphatic heterocycles. The van der Waals surface area contributed by atoms with Crippen molar-refractivity contribution < 1.29 is 28.5 Å². The largest absolute Gasteiger partial charge is 0.497 e. The first kappa shape index (κ1) is 22.4. The molecule has 0 radical (unpaired) electrons. The maximum atomic E-state index is 12.6. The van der Waals surface area contributed by atoms with E-state index in [1.807, 2.05) is 36.4 Å². The van der Waals surface area contributed by atoms with Crippen molar-refractivity contribution in [2.75, 3.05) is 27.9 Å². The lowest BCUT2D eigenvalue weighted by Crippen LogP contribution is -2.11. The van der Waals surface area contributed by atoms with E-state index in [4.69, 9.17) is 23.7 Å². The molecule has 1 N–H and O–H groups in total. The summed E-state index contributed by atoms with van der Waals surface area (Å²) in [4.78, 5) is 20.3. The third-order valence-corrected chi connectivity index (χ3v) is 5.36. The van der Waals surface area contributed by atoms with Gasteiger partial charge in [-0.3, -0.25) is 0 Å². The molecule has 0 spiro atoms. The number of carbonyl (C=O) groups is 1. The molecule has 2 aromatic carbocycles. The Kier molecular flexibility index (Phi) is 6.65. The van der Waals surface area contributed by atoms with Crippen LogP contribution in [0.1, 0.15) is 28.5 Å². The average Bonchev–Trinajstić information content (AvgIpc) is 3.22. The van der Waals surface area contributed by atoms with E-state index in [2.05, 4.69) is 9.97 Å². The van der Waals surface area contributed by atoms with Gasteiger partial charge in [0.05, 0.1) is 44.7 Å². The summed E-state index contributed by atoms with van der Waals surface area (Å²) >= 11 is 0. The lowest BCUT2D eigenvalue weighted by atomic mass is 10.0. The van der Waals surface area contributed by atoms with Crippen LogP contribution in [0.3, 0.4) is 0 Å². The Morgan fingerprint density at radius 1 is 0.970 bits per heavy atom. The molecule has 4 rings (SSSR count). The van der Waals surface area contributed by atoms with Gasteiger partial charge in [-0.05, 0) is 31.2 Å². The first-order chi connectivity index (χ1) is 16.1. The summed E-state index contributed by atoms with van der Waals surface area (Å²) in [5.74, 6) is 1.56. The maximum Gasteiger partial charge on any atom is 0.357 e. The third kappa shape index (κ3) is 4.29. The van der Waals surface area contributed by atoms with Crippen LogP contribution in [0.2, 0.25) is 0 Å². The predicted molar refractivity (Wildman–Crippen MR) is 124 cm³/mol. The van der Waals surface area contributed by atoms with E-state index < -0.39 is 5.97 Å². The minimum Gasteiger partial charge on any atom is -0.497 e. The van der Waals surface area contributed by atoms with Crippen LogP contribution in [-0.4, -0.2) is 43.9 Å². The summed E-state index contributed by atoms with van der Waals surface area (Å²) in [7, 11) is 4.80. The van der Waals surface area contributed by atoms with Crippen LogP contribution < -0.4 is 14.2 Å². The first-order valence-corrected chi connectivity index (χ1v) is 10.5. The minimum atomic E-state index is -0.484. The van der Waals surface area contributed by atoms with E-state index in [1.54, 1.807) is 34.4 Å². The van der Waals surface area contributed by atoms with E-state index in [0.29, 0.717) is 22.8 Å². The van der Waals surface area contributed by atoms with Crippen molar-refractivity contribution in [3.63, 3.8) is 0 Å². The normalized spacial score (nSPS) is 11.0. The molecule has 8 nitrogen and oxygen atoms in total. The zero-order valence-electron chi connectivity index (χ0n) is 19.1. The van der Waals surface area contributed by atoms with Crippen molar-refractivity contribution in [3.05, 3.63) is 59.4 Å². The van der Waals surface area contributed by atoms with Gasteiger partial charge in [0.15, 0.2) is 5.69 Å². The molecule has 0 aliphatic rings. The van der Waals surface area contributed by atoms with Gasteiger partial charge in [-0.1, -0.05) is 6.07 Å². The van der Waals surface area contributed by atoms with Crippen LogP contribution in [0.25, 0.3) is 21.8 Å². The highest BCUT2D eigenvalue weighted by atomic mass is 16.5. The SMILES string of the molecule is CCOC(=O)c1ncc2[nH]c3cccc(OCc4ccc(OC)cc4OC)c3c2c1COC. The van der Waals surface area contributed by atoms with E-state index in [1.165, 1.54) is 0 Å². The molecule has 0 saturated heterocycles. The number of ether oxygens (including phenoxy) is 5. The predicted octanol–water partition coefficient (Wildman–Crippen LogP) is 4.64. The fraction of sp³-hybridized carbons (Fsp3) is 0.280. The standard InChI is InChI=1S/C25H26N2O6/c1-5-32-25(28)24-17(14-29-2)22-19(12-26-24)27-18-7-6-8-20(23(18)22)33-13-15-9-10-16(30-3)11-21(15)31-4/h6-12,27H,5,13-14H2,1-4H3. The van der Waals surface area contributed by atoms with E-state index in [9.17, 15) is 4.79 Å². The monoisotopic (exact) mass is 450 g/mol. The number of aromatic amines is 1. The van der Waals surface area contributed by atoms with Crippen molar-refractivity contribution in [2.24, 2.45) is 0 Å². The van der Waals surface area contributed by atoms with Crippen LogP contribution in [0, 0.1) is 0 Å². The zero-order chi connectivity index (χ0) is 23.4. The van der Waals surface area contributed by atoms with Gasteiger partial charge < -0.3 is 28.7 Å². The second kappa shape index (κ2) is 9.79. The van der Waals surface area contributed by atoms with Crippen LogP contribution in [0.5, 0.6) is 17.2 Å². The Hall–Kier alpha value is -3.78. The smallest absolute Gasteiger partial charge is 0.357 e. The molecule has 2 heterocycles. The Labute approximate surface area is 191 Å². The molecular weight excluding hydrogens is 424 g/mol. The number of carbonyl (C=O) groups excluding carboxylic acids is 1.